The SMILES string of the molecule is COc1ccc(S(=O)(=O)NCCc2csc3nc(-c4cccs4)nn23)cc1C. The molecule has 7 nitrogen and oxygen atoms in total. The molecule has 4 aromatic rings. The predicted octanol–water partition coefficient (Wildman–Crippen LogP) is 3.36. The molecule has 0 saturated carbocycles. The summed E-state index contributed by atoms with van der Waals surface area (Å²) in [6.45, 7) is 2.09. The molecule has 0 radical (unpaired) electrons. The molecule has 0 saturated heterocycles. The van der Waals surface area contributed by atoms with Crippen molar-refractivity contribution in [2.45, 2.75) is 18.2 Å². The normalized spacial score (nSPS) is 11.9. The number of hydrogen-bond acceptors (Lipinski definition) is 7. The lowest BCUT2D eigenvalue weighted by Gasteiger charge is -2.09. The number of nitrogens with zero attached hydrogens (tertiary/aromatic N) is 3. The number of fused-ring (bicyclic) bond motifs is 1. The lowest BCUT2D eigenvalue weighted by Crippen LogP contribution is -2.26. The Morgan fingerprint density at radius 1 is 1.25 bits per heavy atom. The van der Waals surface area contributed by atoms with Gasteiger partial charge in [-0.05, 0) is 42.1 Å². The summed E-state index contributed by atoms with van der Waals surface area (Å²) in [6.07, 6.45) is 0.515. The quantitative estimate of drug-likeness (QED) is 0.482. The van der Waals surface area contributed by atoms with Crippen LogP contribution in [-0.4, -0.2) is 36.7 Å². The molecule has 0 amide bonds. The highest BCUT2D eigenvalue weighted by Crippen LogP contribution is 2.25. The number of hydrogen-bond donors (Lipinski definition) is 1. The summed E-state index contributed by atoms with van der Waals surface area (Å²) in [5.74, 6) is 1.35. The maximum absolute atomic E-state index is 12.6. The van der Waals surface area contributed by atoms with E-state index < -0.39 is 10.0 Å². The molecule has 1 N–H and O–H groups in total. The summed E-state index contributed by atoms with van der Waals surface area (Å²) in [5, 5.41) is 8.50. The molecule has 0 aliphatic rings. The van der Waals surface area contributed by atoms with E-state index in [1.54, 1.807) is 41.2 Å². The second-order valence-corrected chi connectivity index (χ2v) is 9.66. The van der Waals surface area contributed by atoms with Crippen LogP contribution < -0.4 is 9.46 Å². The Balaban J connectivity index is 1.46. The monoisotopic (exact) mass is 434 g/mol. The van der Waals surface area contributed by atoms with Crippen molar-refractivity contribution < 1.29 is 13.2 Å². The Bertz CT molecular complexity index is 1210. The molecule has 0 aliphatic heterocycles. The number of benzene rings is 1. The van der Waals surface area contributed by atoms with Crippen molar-refractivity contribution >= 4 is 37.7 Å². The molecule has 0 bridgehead atoms. The van der Waals surface area contributed by atoms with Gasteiger partial charge in [0.1, 0.15) is 5.75 Å². The van der Waals surface area contributed by atoms with E-state index in [1.807, 2.05) is 29.8 Å². The number of aromatic nitrogens is 3. The summed E-state index contributed by atoms with van der Waals surface area (Å²) < 4.78 is 34.7. The lowest BCUT2D eigenvalue weighted by atomic mass is 10.2. The standard InChI is InChI=1S/C18H18N4O3S3/c1-12-10-14(5-6-15(12)25-2)28(23,24)19-8-7-13-11-27-18-20-17(21-22(13)18)16-4-3-9-26-16/h3-6,9-11,19H,7-8H2,1-2H3. The first-order valence-electron chi connectivity index (χ1n) is 8.49. The molecule has 28 heavy (non-hydrogen) atoms. The molecule has 0 spiro atoms. The van der Waals surface area contributed by atoms with Gasteiger partial charge in [0.25, 0.3) is 0 Å². The maximum atomic E-state index is 12.6. The lowest BCUT2D eigenvalue weighted by molar-refractivity contribution is 0.411. The van der Waals surface area contributed by atoms with Crippen LogP contribution in [0.3, 0.4) is 0 Å². The smallest absolute Gasteiger partial charge is 0.240 e. The highest BCUT2D eigenvalue weighted by atomic mass is 32.2. The molecule has 0 unspecified atom stereocenters. The zero-order chi connectivity index (χ0) is 19.7. The molecule has 3 aromatic heterocycles. The molecule has 1 aromatic carbocycles. The van der Waals surface area contributed by atoms with Crippen LogP contribution in [-0.2, 0) is 16.4 Å². The van der Waals surface area contributed by atoms with Gasteiger partial charge < -0.3 is 4.74 Å². The zero-order valence-electron chi connectivity index (χ0n) is 15.2. The predicted molar refractivity (Wildman–Crippen MR) is 111 cm³/mol. The minimum Gasteiger partial charge on any atom is -0.496 e. The van der Waals surface area contributed by atoms with Crippen molar-refractivity contribution in [2.24, 2.45) is 0 Å². The van der Waals surface area contributed by atoms with E-state index in [9.17, 15) is 8.42 Å². The van der Waals surface area contributed by atoms with Crippen LogP contribution in [0.4, 0.5) is 0 Å². The number of thiophene rings is 1. The van der Waals surface area contributed by atoms with Crippen molar-refractivity contribution in [3.05, 3.63) is 52.3 Å². The number of nitrogens with one attached hydrogen (secondary N) is 1. The molecule has 10 heteroatoms. The van der Waals surface area contributed by atoms with Gasteiger partial charge in [-0.15, -0.1) is 27.8 Å². The van der Waals surface area contributed by atoms with E-state index in [0.717, 1.165) is 21.1 Å². The number of sulfonamides is 1. The van der Waals surface area contributed by atoms with Gasteiger partial charge in [-0.3, -0.25) is 0 Å². The third-order valence-corrected chi connectivity index (χ3v) is 7.43. The molecular weight excluding hydrogens is 416 g/mol. The summed E-state index contributed by atoms with van der Waals surface area (Å²) >= 11 is 3.08. The van der Waals surface area contributed by atoms with Gasteiger partial charge in [-0.25, -0.2) is 17.7 Å². The fourth-order valence-corrected chi connectivity index (χ4v) is 5.45. The molecular formula is C18H18N4O3S3. The minimum absolute atomic E-state index is 0.224. The second kappa shape index (κ2) is 7.63. The first-order valence-corrected chi connectivity index (χ1v) is 11.7. The van der Waals surface area contributed by atoms with Crippen LogP contribution in [0, 0.1) is 6.92 Å². The van der Waals surface area contributed by atoms with Gasteiger partial charge in [0.05, 0.1) is 22.6 Å². The molecule has 0 aliphatic carbocycles. The number of ether oxygens (including phenoxy) is 1. The highest BCUT2D eigenvalue weighted by Gasteiger charge is 2.16. The van der Waals surface area contributed by atoms with E-state index in [-0.39, 0.29) is 11.4 Å². The minimum atomic E-state index is -3.59. The van der Waals surface area contributed by atoms with Crippen LogP contribution in [0.25, 0.3) is 15.7 Å². The van der Waals surface area contributed by atoms with Crippen LogP contribution >= 0.6 is 22.7 Å². The Morgan fingerprint density at radius 2 is 2.11 bits per heavy atom. The van der Waals surface area contributed by atoms with Gasteiger partial charge in [0.2, 0.25) is 15.0 Å². The van der Waals surface area contributed by atoms with Gasteiger partial charge in [-0.2, -0.15) is 4.98 Å². The van der Waals surface area contributed by atoms with Crippen LogP contribution in [0.15, 0.2) is 46.0 Å². The summed E-state index contributed by atoms with van der Waals surface area (Å²) in [5.41, 5.74) is 1.69. The van der Waals surface area contributed by atoms with E-state index >= 15 is 0 Å². The number of aryl methyl sites for hydroxylation is 1. The van der Waals surface area contributed by atoms with Crippen LogP contribution in [0.2, 0.25) is 0 Å². The van der Waals surface area contributed by atoms with Crippen LogP contribution in [0.5, 0.6) is 5.75 Å². The highest BCUT2D eigenvalue weighted by molar-refractivity contribution is 7.89. The van der Waals surface area contributed by atoms with Crippen molar-refractivity contribution in [1.82, 2.24) is 19.3 Å². The van der Waals surface area contributed by atoms with E-state index in [2.05, 4.69) is 14.8 Å². The summed E-state index contributed by atoms with van der Waals surface area (Å²) in [6, 6.07) is 8.75. The molecule has 146 valence electrons. The first-order chi connectivity index (χ1) is 13.5. The van der Waals surface area contributed by atoms with E-state index in [1.165, 1.54) is 11.3 Å². The third-order valence-electron chi connectivity index (χ3n) is 4.24. The van der Waals surface area contributed by atoms with E-state index in [0.29, 0.717) is 18.0 Å². The Hall–Kier alpha value is -2.27. The Kier molecular flexibility index (Phi) is 5.19. The van der Waals surface area contributed by atoms with Gasteiger partial charge in [-0.1, -0.05) is 6.07 Å². The maximum Gasteiger partial charge on any atom is 0.240 e. The van der Waals surface area contributed by atoms with Gasteiger partial charge in [0, 0.05) is 18.3 Å². The number of thiazole rings is 1. The Labute approximate surface area is 170 Å². The molecule has 0 fully saturated rings. The molecule has 0 atom stereocenters. The van der Waals surface area contributed by atoms with E-state index in [4.69, 9.17) is 4.74 Å². The third kappa shape index (κ3) is 3.68. The average molecular weight is 435 g/mol. The fraction of sp³-hybridized carbons (Fsp3) is 0.222. The van der Waals surface area contributed by atoms with Crippen LogP contribution in [0.1, 0.15) is 11.3 Å². The zero-order valence-corrected chi connectivity index (χ0v) is 17.7. The molecule has 3 heterocycles. The fourth-order valence-electron chi connectivity index (χ4n) is 2.82. The summed E-state index contributed by atoms with van der Waals surface area (Å²) in [4.78, 5) is 6.57. The number of rotatable bonds is 7. The number of methoxy groups -OCH3 is 1. The van der Waals surface area contributed by atoms with Gasteiger partial charge in [0.15, 0.2) is 5.82 Å². The molecule has 4 rings (SSSR count). The topological polar surface area (TPSA) is 85.6 Å². The van der Waals surface area contributed by atoms with Crippen molar-refractivity contribution in [2.75, 3.05) is 13.7 Å². The second-order valence-electron chi connectivity index (χ2n) is 6.11. The summed E-state index contributed by atoms with van der Waals surface area (Å²) in [7, 11) is -2.03. The average Bonchev–Trinajstić information content (AvgIpc) is 3.39. The van der Waals surface area contributed by atoms with Crippen molar-refractivity contribution in [3.63, 3.8) is 0 Å². The first kappa shape index (κ1) is 19.1. The van der Waals surface area contributed by atoms with Crippen molar-refractivity contribution in [3.8, 4) is 16.5 Å². The Morgan fingerprint density at radius 3 is 2.82 bits per heavy atom. The van der Waals surface area contributed by atoms with Gasteiger partial charge >= 0.3 is 0 Å². The van der Waals surface area contributed by atoms with Crippen molar-refractivity contribution in [1.29, 1.82) is 0 Å². The largest absolute Gasteiger partial charge is 0.496 e.